The van der Waals surface area contributed by atoms with Crippen molar-refractivity contribution in [2.75, 3.05) is 0 Å². The molecule has 0 saturated heterocycles. The molecule has 0 saturated carbocycles. The van der Waals surface area contributed by atoms with E-state index in [1.807, 2.05) is 0 Å². The van der Waals surface area contributed by atoms with Crippen molar-refractivity contribution in [3.63, 3.8) is 0 Å². The van der Waals surface area contributed by atoms with Gasteiger partial charge in [0.25, 0.3) is 0 Å². The van der Waals surface area contributed by atoms with Crippen LogP contribution < -0.4 is 0 Å². The molecule has 1 aromatic carbocycles. The summed E-state index contributed by atoms with van der Waals surface area (Å²) >= 11 is 23.5. The second-order valence-electron chi connectivity index (χ2n) is 2.00. The average Bonchev–Trinajstić information content (AvgIpc) is 1.91. The van der Waals surface area contributed by atoms with Gasteiger partial charge in [-0.3, -0.25) is 0 Å². The van der Waals surface area contributed by atoms with Crippen molar-refractivity contribution in [3.8, 4) is 0 Å². The molecule has 0 unspecified atom stereocenters. The lowest BCUT2D eigenvalue weighted by molar-refractivity contribution is 1.45. The van der Waals surface area contributed by atoms with E-state index in [0.29, 0.717) is 5.02 Å². The van der Waals surface area contributed by atoms with Crippen molar-refractivity contribution in [2.45, 2.75) is 8.02 Å². The zero-order valence-electron chi connectivity index (χ0n) is 5.73. The van der Waals surface area contributed by atoms with Crippen LogP contribution in [0, 0.1) is 0 Å². The summed E-state index contributed by atoms with van der Waals surface area (Å²) in [4.78, 5) is 0.874. The molecule has 5 heteroatoms. The SMILES string of the molecule is Clc1ccc(SC(Cl)(Cl)Cl)cc1. The Morgan fingerprint density at radius 2 is 1.50 bits per heavy atom. The van der Waals surface area contributed by atoms with Gasteiger partial charge >= 0.3 is 0 Å². The third kappa shape index (κ3) is 4.11. The molecule has 0 aromatic heterocycles. The fraction of sp³-hybridized carbons (Fsp3) is 0.143. The Balaban J connectivity index is 2.71. The lowest BCUT2D eigenvalue weighted by Gasteiger charge is -2.09. The maximum absolute atomic E-state index is 5.67. The number of alkyl halides is 3. The number of hydrogen-bond donors (Lipinski definition) is 0. The van der Waals surface area contributed by atoms with Crippen molar-refractivity contribution in [1.29, 1.82) is 0 Å². The van der Waals surface area contributed by atoms with Crippen molar-refractivity contribution < 1.29 is 0 Å². The van der Waals surface area contributed by atoms with Crippen molar-refractivity contribution in [3.05, 3.63) is 29.3 Å². The van der Waals surface area contributed by atoms with Crippen LogP contribution in [0.15, 0.2) is 29.2 Å². The van der Waals surface area contributed by atoms with Crippen molar-refractivity contribution in [1.82, 2.24) is 0 Å². The average molecular weight is 262 g/mol. The number of hydrogen-bond acceptors (Lipinski definition) is 1. The van der Waals surface area contributed by atoms with Crippen LogP contribution in [0.1, 0.15) is 0 Å². The van der Waals surface area contributed by atoms with E-state index in [9.17, 15) is 0 Å². The minimum absolute atomic E-state index is 0.670. The zero-order chi connectivity index (χ0) is 9.19. The van der Waals surface area contributed by atoms with Gasteiger partial charge in [0.2, 0.25) is 3.12 Å². The van der Waals surface area contributed by atoms with Crippen LogP contribution in [-0.2, 0) is 0 Å². The molecule has 0 aliphatic carbocycles. The number of rotatable bonds is 1. The van der Waals surface area contributed by atoms with Gasteiger partial charge in [-0.2, -0.15) is 0 Å². The van der Waals surface area contributed by atoms with Gasteiger partial charge < -0.3 is 0 Å². The van der Waals surface area contributed by atoms with Crippen LogP contribution in [0.3, 0.4) is 0 Å². The largest absolute Gasteiger partial charge is 0.241 e. The third-order valence-corrected chi connectivity index (χ3v) is 2.73. The molecule has 66 valence electrons. The summed E-state index contributed by atoms with van der Waals surface area (Å²) < 4.78 is -1.31. The summed E-state index contributed by atoms with van der Waals surface area (Å²) in [5, 5.41) is 0.670. The number of halogens is 4. The van der Waals surface area contributed by atoms with Gasteiger partial charge in [0, 0.05) is 9.92 Å². The van der Waals surface area contributed by atoms with E-state index >= 15 is 0 Å². The predicted molar refractivity (Wildman–Crippen MR) is 57.6 cm³/mol. The monoisotopic (exact) mass is 260 g/mol. The van der Waals surface area contributed by atoms with Crippen molar-refractivity contribution in [2.24, 2.45) is 0 Å². The van der Waals surface area contributed by atoms with Gasteiger partial charge in [0.1, 0.15) is 0 Å². The van der Waals surface area contributed by atoms with Crippen LogP contribution >= 0.6 is 58.2 Å². The molecule has 0 fully saturated rings. The van der Waals surface area contributed by atoms with E-state index in [1.54, 1.807) is 24.3 Å². The maximum Gasteiger partial charge on any atom is 0.241 e. The highest BCUT2D eigenvalue weighted by molar-refractivity contribution is 8.04. The number of thioether (sulfide) groups is 1. The van der Waals surface area contributed by atoms with Gasteiger partial charge in [-0.15, -0.1) is 0 Å². The molecule has 0 nitrogen and oxygen atoms in total. The molecule has 0 aliphatic heterocycles. The quantitative estimate of drug-likeness (QED) is 0.519. The minimum atomic E-state index is -1.31. The molecular weight excluding hydrogens is 258 g/mol. The predicted octanol–water partition coefficient (Wildman–Crippen LogP) is 4.76. The Morgan fingerprint density at radius 1 is 1.00 bits per heavy atom. The second kappa shape index (κ2) is 4.30. The van der Waals surface area contributed by atoms with Gasteiger partial charge in [-0.05, 0) is 24.3 Å². The molecule has 0 amide bonds. The summed E-state index contributed by atoms with van der Waals surface area (Å²) in [6, 6.07) is 7.10. The summed E-state index contributed by atoms with van der Waals surface area (Å²) in [5.41, 5.74) is 0. The maximum atomic E-state index is 5.67. The first-order chi connectivity index (χ1) is 5.47. The molecule has 0 bridgehead atoms. The standard InChI is InChI=1S/C7H4Cl4S/c8-5-1-3-6(4-2-5)12-7(9,10)11/h1-4H. The van der Waals surface area contributed by atoms with Crippen molar-refractivity contribution >= 4 is 58.2 Å². The molecule has 1 aromatic rings. The highest BCUT2D eigenvalue weighted by atomic mass is 35.6. The van der Waals surface area contributed by atoms with E-state index < -0.39 is 3.12 Å². The van der Waals surface area contributed by atoms with Gasteiger partial charge in [0.15, 0.2) is 0 Å². The second-order valence-corrected chi connectivity index (χ2v) is 6.68. The lowest BCUT2D eigenvalue weighted by Crippen LogP contribution is -1.92. The van der Waals surface area contributed by atoms with Crippen LogP contribution in [0.4, 0.5) is 0 Å². The normalized spacial score (nSPS) is 11.7. The molecule has 0 heterocycles. The van der Waals surface area contributed by atoms with Gasteiger partial charge in [-0.25, -0.2) is 0 Å². The Bertz CT molecular complexity index is 251. The van der Waals surface area contributed by atoms with Crippen LogP contribution in [0.5, 0.6) is 0 Å². The third-order valence-electron chi connectivity index (χ3n) is 1.05. The smallest absolute Gasteiger partial charge is 0.0843 e. The van der Waals surface area contributed by atoms with Gasteiger partial charge in [-0.1, -0.05) is 58.2 Å². The molecule has 0 atom stereocenters. The molecular formula is C7H4Cl4S. The first-order valence-electron chi connectivity index (χ1n) is 2.99. The van der Waals surface area contributed by atoms with Crippen LogP contribution in [0.2, 0.25) is 5.02 Å². The Morgan fingerprint density at radius 3 is 1.92 bits per heavy atom. The lowest BCUT2D eigenvalue weighted by atomic mass is 10.4. The Labute approximate surface area is 95.1 Å². The molecule has 0 N–H and O–H groups in total. The van der Waals surface area contributed by atoms with E-state index in [4.69, 9.17) is 46.4 Å². The molecule has 0 spiro atoms. The molecule has 12 heavy (non-hydrogen) atoms. The Kier molecular flexibility index (Phi) is 3.87. The van der Waals surface area contributed by atoms with E-state index in [2.05, 4.69) is 0 Å². The van der Waals surface area contributed by atoms with E-state index in [1.165, 1.54) is 0 Å². The summed E-state index contributed by atoms with van der Waals surface area (Å²) in [7, 11) is 0. The van der Waals surface area contributed by atoms with Crippen LogP contribution in [0.25, 0.3) is 0 Å². The molecule has 0 radical (unpaired) electrons. The summed E-state index contributed by atoms with van der Waals surface area (Å²) in [6.07, 6.45) is 0. The Hall–Kier alpha value is 0.730. The fourth-order valence-corrected chi connectivity index (χ4v) is 2.10. The molecule has 0 aliphatic rings. The molecule has 1 rings (SSSR count). The zero-order valence-corrected chi connectivity index (χ0v) is 9.57. The highest BCUT2D eigenvalue weighted by Gasteiger charge is 2.20. The summed E-state index contributed by atoms with van der Waals surface area (Å²) in [5.74, 6) is 0. The first-order valence-corrected chi connectivity index (χ1v) is 5.31. The topological polar surface area (TPSA) is 0 Å². The van der Waals surface area contributed by atoms with Crippen LogP contribution in [-0.4, -0.2) is 3.12 Å². The van der Waals surface area contributed by atoms with Gasteiger partial charge in [0.05, 0.1) is 0 Å². The fourth-order valence-electron chi connectivity index (χ4n) is 0.636. The van der Waals surface area contributed by atoms with E-state index in [0.717, 1.165) is 16.7 Å². The minimum Gasteiger partial charge on any atom is -0.0843 e. The highest BCUT2D eigenvalue weighted by Crippen LogP contribution is 2.43. The first kappa shape index (κ1) is 10.8. The number of benzene rings is 1. The summed E-state index contributed by atoms with van der Waals surface area (Å²) in [6.45, 7) is 0. The van der Waals surface area contributed by atoms with E-state index in [-0.39, 0.29) is 0 Å².